The van der Waals surface area contributed by atoms with Crippen LogP contribution in [0.25, 0.3) is 0 Å². The second-order valence-corrected chi connectivity index (χ2v) is 4.13. The summed E-state index contributed by atoms with van der Waals surface area (Å²) in [6.07, 6.45) is 0.831. The Balaban J connectivity index is 3.96. The molecule has 0 heterocycles. The zero-order chi connectivity index (χ0) is 14.1. The maximum absolute atomic E-state index is 11.5. The fourth-order valence-corrected chi connectivity index (χ4v) is 1.07. The van der Waals surface area contributed by atoms with E-state index < -0.39 is 17.9 Å². The van der Waals surface area contributed by atoms with Crippen LogP contribution in [0.1, 0.15) is 20.3 Å². The Labute approximate surface area is 107 Å². The number of amides is 3. The molecule has 0 aromatic carbocycles. The van der Waals surface area contributed by atoms with Crippen molar-refractivity contribution in [1.82, 2.24) is 15.5 Å². The average molecular weight is 259 g/mol. The molecule has 7 heteroatoms. The first-order valence-electron chi connectivity index (χ1n) is 5.87. The molecule has 0 aliphatic carbocycles. The number of hydrogen-bond donors (Lipinski definition) is 3. The van der Waals surface area contributed by atoms with Crippen molar-refractivity contribution in [3.8, 4) is 0 Å². The highest BCUT2D eigenvalue weighted by Crippen LogP contribution is 1.93. The molecule has 0 aliphatic heterocycles. The molecule has 104 valence electrons. The van der Waals surface area contributed by atoms with Gasteiger partial charge in [-0.2, -0.15) is 0 Å². The number of carboxylic acid groups (broad SMARTS) is 1. The van der Waals surface area contributed by atoms with Crippen molar-refractivity contribution in [2.75, 3.05) is 26.7 Å². The molecule has 3 amide bonds. The zero-order valence-electron chi connectivity index (χ0n) is 11.0. The van der Waals surface area contributed by atoms with Gasteiger partial charge in [-0.15, -0.1) is 0 Å². The highest BCUT2D eigenvalue weighted by molar-refractivity contribution is 5.84. The Morgan fingerprint density at radius 3 is 2.39 bits per heavy atom. The van der Waals surface area contributed by atoms with Crippen molar-refractivity contribution < 1.29 is 19.5 Å². The van der Waals surface area contributed by atoms with Gasteiger partial charge in [-0.1, -0.05) is 13.8 Å². The summed E-state index contributed by atoms with van der Waals surface area (Å²) < 4.78 is 0. The van der Waals surface area contributed by atoms with Crippen molar-refractivity contribution in [2.45, 2.75) is 20.3 Å². The maximum atomic E-state index is 11.5. The molecule has 0 radical (unpaired) electrons. The fraction of sp³-hybridized carbons (Fsp3) is 0.727. The molecule has 3 N–H and O–H groups in total. The van der Waals surface area contributed by atoms with Crippen LogP contribution in [0.15, 0.2) is 0 Å². The number of carbonyl (C=O) groups excluding carboxylic acids is 2. The van der Waals surface area contributed by atoms with Gasteiger partial charge in [-0.05, 0) is 6.42 Å². The quantitative estimate of drug-likeness (QED) is 0.593. The minimum Gasteiger partial charge on any atom is -0.481 e. The van der Waals surface area contributed by atoms with E-state index in [9.17, 15) is 14.4 Å². The molecule has 0 aliphatic rings. The van der Waals surface area contributed by atoms with E-state index in [0.717, 1.165) is 6.42 Å². The summed E-state index contributed by atoms with van der Waals surface area (Å²) >= 11 is 0. The lowest BCUT2D eigenvalue weighted by atomic mass is 10.2. The van der Waals surface area contributed by atoms with Crippen LogP contribution in [0.5, 0.6) is 0 Å². The van der Waals surface area contributed by atoms with Crippen molar-refractivity contribution in [3.63, 3.8) is 0 Å². The first-order chi connectivity index (χ1) is 8.38. The normalized spacial score (nSPS) is 11.5. The molecule has 0 rings (SSSR count). The van der Waals surface area contributed by atoms with Gasteiger partial charge < -0.3 is 20.6 Å². The number of nitrogens with one attached hydrogen (secondary N) is 2. The predicted octanol–water partition coefficient (Wildman–Crippen LogP) is -0.125. The van der Waals surface area contributed by atoms with E-state index >= 15 is 0 Å². The lowest BCUT2D eigenvalue weighted by Crippen LogP contribution is -2.45. The molecular weight excluding hydrogens is 238 g/mol. The number of urea groups is 1. The molecule has 18 heavy (non-hydrogen) atoms. The number of rotatable bonds is 7. The molecule has 7 nitrogen and oxygen atoms in total. The lowest BCUT2D eigenvalue weighted by Gasteiger charge is -2.18. The van der Waals surface area contributed by atoms with Crippen LogP contribution < -0.4 is 10.6 Å². The first-order valence-corrected chi connectivity index (χ1v) is 5.87. The molecule has 0 spiro atoms. The van der Waals surface area contributed by atoms with E-state index in [0.29, 0.717) is 6.54 Å². The SMILES string of the molecule is CCCNC(=O)CN(C)C(=O)NCC(C)C(=O)O. The predicted molar refractivity (Wildman–Crippen MR) is 66.1 cm³/mol. The number of likely N-dealkylation sites (N-methyl/N-ethyl adjacent to an activating group) is 1. The number of carboxylic acids is 1. The molecule has 0 fully saturated rings. The van der Waals surface area contributed by atoms with E-state index in [1.807, 2.05) is 6.92 Å². The Bertz CT molecular complexity index is 307. The van der Waals surface area contributed by atoms with E-state index in [1.165, 1.54) is 18.9 Å². The molecule has 0 aromatic heterocycles. The van der Waals surface area contributed by atoms with Crippen LogP contribution in [0.4, 0.5) is 4.79 Å². The van der Waals surface area contributed by atoms with Crippen molar-refractivity contribution in [1.29, 1.82) is 0 Å². The van der Waals surface area contributed by atoms with Gasteiger partial charge in [0.25, 0.3) is 0 Å². The molecule has 0 saturated heterocycles. The second kappa shape index (κ2) is 8.32. The first kappa shape index (κ1) is 16.2. The van der Waals surface area contributed by atoms with Gasteiger partial charge in [0.1, 0.15) is 6.54 Å². The Morgan fingerprint density at radius 2 is 1.89 bits per heavy atom. The molecule has 1 unspecified atom stereocenters. The van der Waals surface area contributed by atoms with Gasteiger partial charge in [0.15, 0.2) is 0 Å². The Morgan fingerprint density at radius 1 is 1.28 bits per heavy atom. The monoisotopic (exact) mass is 259 g/mol. The van der Waals surface area contributed by atoms with Gasteiger partial charge in [-0.3, -0.25) is 9.59 Å². The number of carbonyl (C=O) groups is 3. The van der Waals surface area contributed by atoms with Gasteiger partial charge in [0, 0.05) is 20.1 Å². The third-order valence-corrected chi connectivity index (χ3v) is 2.28. The van der Waals surface area contributed by atoms with Gasteiger partial charge >= 0.3 is 12.0 Å². The number of nitrogens with zero attached hydrogens (tertiary/aromatic N) is 1. The molecule has 0 saturated carbocycles. The van der Waals surface area contributed by atoms with Crippen LogP contribution in [0.2, 0.25) is 0 Å². The highest BCUT2D eigenvalue weighted by Gasteiger charge is 2.15. The summed E-state index contributed by atoms with van der Waals surface area (Å²) in [5, 5.41) is 13.7. The maximum Gasteiger partial charge on any atom is 0.317 e. The lowest BCUT2D eigenvalue weighted by molar-refractivity contribution is -0.140. The van der Waals surface area contributed by atoms with Crippen LogP contribution >= 0.6 is 0 Å². The molecule has 0 bridgehead atoms. The second-order valence-electron chi connectivity index (χ2n) is 4.13. The topological polar surface area (TPSA) is 98.7 Å². The summed E-state index contributed by atoms with van der Waals surface area (Å²) in [5.41, 5.74) is 0. The number of aliphatic carboxylic acids is 1. The van der Waals surface area contributed by atoms with E-state index in [2.05, 4.69) is 10.6 Å². The van der Waals surface area contributed by atoms with Gasteiger partial charge in [0.2, 0.25) is 5.91 Å². The van der Waals surface area contributed by atoms with Crippen molar-refractivity contribution >= 4 is 17.9 Å². The summed E-state index contributed by atoms with van der Waals surface area (Å²) in [4.78, 5) is 34.6. The Kier molecular flexibility index (Phi) is 7.50. The zero-order valence-corrected chi connectivity index (χ0v) is 11.0. The fourth-order valence-electron chi connectivity index (χ4n) is 1.07. The van der Waals surface area contributed by atoms with Gasteiger partial charge in [-0.25, -0.2) is 4.79 Å². The van der Waals surface area contributed by atoms with Gasteiger partial charge in [0.05, 0.1) is 5.92 Å². The van der Waals surface area contributed by atoms with Crippen LogP contribution in [0.3, 0.4) is 0 Å². The van der Waals surface area contributed by atoms with Crippen LogP contribution in [-0.4, -0.2) is 54.6 Å². The highest BCUT2D eigenvalue weighted by atomic mass is 16.4. The molecule has 1 atom stereocenters. The average Bonchev–Trinajstić information content (AvgIpc) is 2.32. The summed E-state index contributed by atoms with van der Waals surface area (Å²) in [5.74, 6) is -1.87. The minimum atomic E-state index is -0.973. The summed E-state index contributed by atoms with van der Waals surface area (Å²) in [6.45, 7) is 3.99. The van der Waals surface area contributed by atoms with Crippen molar-refractivity contribution in [3.05, 3.63) is 0 Å². The largest absolute Gasteiger partial charge is 0.481 e. The number of hydrogen-bond acceptors (Lipinski definition) is 3. The minimum absolute atomic E-state index is 0.0368. The summed E-state index contributed by atoms with van der Waals surface area (Å²) in [7, 11) is 1.48. The van der Waals surface area contributed by atoms with Crippen molar-refractivity contribution in [2.24, 2.45) is 5.92 Å². The van der Waals surface area contributed by atoms with E-state index in [-0.39, 0.29) is 19.0 Å². The van der Waals surface area contributed by atoms with Crippen LogP contribution in [0, 0.1) is 5.92 Å². The standard InChI is InChI=1S/C11H21N3O4/c1-4-5-12-9(15)7-14(3)11(18)13-6-8(2)10(16)17/h8H,4-7H2,1-3H3,(H,12,15)(H,13,18)(H,16,17). The summed E-state index contributed by atoms with van der Waals surface area (Å²) in [6, 6.07) is -0.463. The smallest absolute Gasteiger partial charge is 0.317 e. The third kappa shape index (κ3) is 6.72. The van der Waals surface area contributed by atoms with E-state index in [1.54, 1.807) is 0 Å². The third-order valence-electron chi connectivity index (χ3n) is 2.28. The molecule has 0 aromatic rings. The molecular formula is C11H21N3O4. The van der Waals surface area contributed by atoms with E-state index in [4.69, 9.17) is 5.11 Å². The van der Waals surface area contributed by atoms with Crippen LogP contribution in [-0.2, 0) is 9.59 Å². The Hall–Kier alpha value is -1.79.